The van der Waals surface area contributed by atoms with Gasteiger partial charge in [-0.05, 0) is 18.6 Å². The van der Waals surface area contributed by atoms with Gasteiger partial charge in [0.25, 0.3) is 5.56 Å². The van der Waals surface area contributed by atoms with Crippen molar-refractivity contribution in [3.05, 3.63) is 70.3 Å². The first kappa shape index (κ1) is 27.9. The molecule has 0 bridgehead atoms. The fourth-order valence-corrected chi connectivity index (χ4v) is 4.06. The second-order valence-corrected chi connectivity index (χ2v) is 8.69. The number of hydrogen-bond donors (Lipinski definition) is 1. The number of alkyl halides is 6. The van der Waals surface area contributed by atoms with Gasteiger partial charge in [0.2, 0.25) is 11.9 Å². The lowest BCUT2D eigenvalue weighted by molar-refractivity contribution is -0.139. The Balaban J connectivity index is 1.36. The fraction of sp³-hybridized carbons (Fsp3) is 0.375. The van der Waals surface area contributed by atoms with Gasteiger partial charge in [0, 0.05) is 63.3 Å². The van der Waals surface area contributed by atoms with Crippen molar-refractivity contribution in [3.63, 3.8) is 0 Å². The summed E-state index contributed by atoms with van der Waals surface area (Å²) in [4.78, 5) is 36.8. The van der Waals surface area contributed by atoms with E-state index in [4.69, 9.17) is 0 Å². The molecule has 39 heavy (non-hydrogen) atoms. The van der Waals surface area contributed by atoms with Crippen LogP contribution in [0.25, 0.3) is 0 Å². The number of carbonyl (C=O) groups excluding carboxylic acids is 1. The Morgan fingerprint density at radius 2 is 1.59 bits per heavy atom. The molecule has 3 heterocycles. The summed E-state index contributed by atoms with van der Waals surface area (Å²) >= 11 is 0. The number of nitrogens with zero attached hydrogens (tertiary/aromatic N) is 6. The molecule has 1 aromatic carbocycles. The number of hydrogen-bond acceptors (Lipinski definition) is 7. The Labute approximate surface area is 218 Å². The number of aromatic amines is 1. The predicted octanol–water partition coefficient (Wildman–Crippen LogP) is 3.86. The number of nitrogens with one attached hydrogen (secondary N) is 1. The summed E-state index contributed by atoms with van der Waals surface area (Å²) in [5, 5.41) is 5.68. The van der Waals surface area contributed by atoms with Gasteiger partial charge in [-0.1, -0.05) is 18.2 Å². The standard InChI is InChI=1S/C24H23F6N7O2/c25-23(26,27)16-14-31-22(32-15-16)36-11-9-35(10-12-36)20(38)7-4-8-37(17-5-2-1-3-6-17)19-13-18(24(28,29)30)21(39)34-33-19/h1-3,5-6,13-15H,4,7-12H2,(H,34,39). The van der Waals surface area contributed by atoms with Crippen molar-refractivity contribution in [2.75, 3.05) is 42.5 Å². The van der Waals surface area contributed by atoms with E-state index in [9.17, 15) is 35.9 Å². The molecule has 1 saturated heterocycles. The first-order chi connectivity index (χ1) is 18.4. The van der Waals surface area contributed by atoms with Crippen LogP contribution in [0.3, 0.4) is 0 Å². The number of benzene rings is 1. The normalized spacial score (nSPS) is 14.4. The molecular formula is C24H23F6N7O2. The fourth-order valence-electron chi connectivity index (χ4n) is 4.06. The summed E-state index contributed by atoms with van der Waals surface area (Å²) in [6.07, 6.45) is -7.60. The Kier molecular flexibility index (Phi) is 8.06. The molecule has 0 unspecified atom stereocenters. The highest BCUT2D eigenvalue weighted by molar-refractivity contribution is 5.76. The van der Waals surface area contributed by atoms with Crippen molar-refractivity contribution in [2.45, 2.75) is 25.2 Å². The van der Waals surface area contributed by atoms with E-state index in [1.165, 1.54) is 4.90 Å². The van der Waals surface area contributed by atoms with Crippen molar-refractivity contribution in [1.82, 2.24) is 25.1 Å². The number of carbonyl (C=O) groups is 1. The summed E-state index contributed by atoms with van der Waals surface area (Å²) in [5.74, 6) is -0.160. The minimum atomic E-state index is -4.86. The first-order valence-corrected chi connectivity index (χ1v) is 11.8. The lowest BCUT2D eigenvalue weighted by atomic mass is 10.2. The molecule has 0 spiro atoms. The Morgan fingerprint density at radius 3 is 2.18 bits per heavy atom. The van der Waals surface area contributed by atoms with Crippen LogP contribution in [0.2, 0.25) is 0 Å². The van der Waals surface area contributed by atoms with Crippen molar-refractivity contribution in [2.24, 2.45) is 0 Å². The van der Waals surface area contributed by atoms with E-state index >= 15 is 0 Å². The Hall–Kier alpha value is -4.17. The minimum Gasteiger partial charge on any atom is -0.339 e. The second-order valence-electron chi connectivity index (χ2n) is 8.69. The molecule has 1 N–H and O–H groups in total. The summed E-state index contributed by atoms with van der Waals surface area (Å²) in [5.41, 5.74) is -3.14. The molecule has 15 heteroatoms. The van der Waals surface area contributed by atoms with Crippen molar-refractivity contribution in [3.8, 4) is 0 Å². The van der Waals surface area contributed by atoms with Crippen LogP contribution in [0.5, 0.6) is 0 Å². The average Bonchev–Trinajstić information content (AvgIpc) is 2.91. The van der Waals surface area contributed by atoms with Crippen LogP contribution < -0.4 is 15.4 Å². The zero-order chi connectivity index (χ0) is 28.2. The molecule has 1 amide bonds. The van der Waals surface area contributed by atoms with Crippen molar-refractivity contribution >= 4 is 23.4 Å². The van der Waals surface area contributed by atoms with Gasteiger partial charge in [0.1, 0.15) is 5.56 Å². The van der Waals surface area contributed by atoms with Gasteiger partial charge in [0.15, 0.2) is 5.82 Å². The molecule has 1 fully saturated rings. The second kappa shape index (κ2) is 11.3. The molecule has 0 atom stereocenters. The number of rotatable bonds is 7. The molecular weight excluding hydrogens is 532 g/mol. The Bertz CT molecular complexity index is 1320. The van der Waals surface area contributed by atoms with E-state index < -0.39 is 29.0 Å². The number of halogens is 6. The number of H-pyrrole nitrogens is 1. The van der Waals surface area contributed by atoms with Gasteiger partial charge in [-0.3, -0.25) is 9.59 Å². The average molecular weight is 555 g/mol. The summed E-state index contributed by atoms with van der Waals surface area (Å²) in [7, 11) is 0. The molecule has 9 nitrogen and oxygen atoms in total. The van der Waals surface area contributed by atoms with Gasteiger partial charge in [-0.2, -0.15) is 31.4 Å². The zero-order valence-corrected chi connectivity index (χ0v) is 20.3. The molecule has 1 aliphatic heterocycles. The molecule has 0 aliphatic carbocycles. The SMILES string of the molecule is O=C(CCCN(c1ccccc1)c1cc(C(F)(F)F)c(=O)[nH]n1)N1CCN(c2ncc(C(F)(F)F)cn2)CC1. The van der Waals surface area contributed by atoms with Gasteiger partial charge in [0.05, 0.1) is 5.56 Å². The summed E-state index contributed by atoms with van der Waals surface area (Å²) < 4.78 is 78.0. The maximum absolute atomic E-state index is 13.3. The monoisotopic (exact) mass is 555 g/mol. The summed E-state index contributed by atoms with van der Waals surface area (Å²) in [6.45, 7) is 1.42. The molecule has 2 aromatic heterocycles. The first-order valence-electron chi connectivity index (χ1n) is 11.8. The van der Waals surface area contributed by atoms with E-state index in [1.807, 2.05) is 5.10 Å². The van der Waals surface area contributed by atoms with Crippen LogP contribution >= 0.6 is 0 Å². The number of amides is 1. The third-order valence-corrected chi connectivity index (χ3v) is 6.09. The van der Waals surface area contributed by atoms with Gasteiger partial charge in [-0.25, -0.2) is 15.1 Å². The quantitative estimate of drug-likeness (QED) is 0.442. The molecule has 1 aliphatic rings. The minimum absolute atomic E-state index is 0.0929. The van der Waals surface area contributed by atoms with Crippen LogP contribution in [-0.2, 0) is 17.1 Å². The molecule has 208 valence electrons. The number of piperazine rings is 1. The van der Waals surface area contributed by atoms with Crippen molar-refractivity contribution < 1.29 is 31.1 Å². The highest BCUT2D eigenvalue weighted by Crippen LogP contribution is 2.31. The van der Waals surface area contributed by atoms with Crippen LogP contribution in [0, 0.1) is 0 Å². The van der Waals surface area contributed by atoms with E-state index in [2.05, 4.69) is 15.1 Å². The van der Waals surface area contributed by atoms with Crippen LogP contribution in [0.1, 0.15) is 24.0 Å². The van der Waals surface area contributed by atoms with E-state index in [1.54, 1.807) is 40.1 Å². The highest BCUT2D eigenvalue weighted by Gasteiger charge is 2.35. The predicted molar refractivity (Wildman–Crippen MR) is 128 cm³/mol. The number of anilines is 3. The molecule has 0 saturated carbocycles. The lowest BCUT2D eigenvalue weighted by Crippen LogP contribution is -2.49. The molecule has 3 aromatic rings. The smallest absolute Gasteiger partial charge is 0.339 e. The van der Waals surface area contributed by atoms with E-state index in [0.29, 0.717) is 50.3 Å². The summed E-state index contributed by atoms with van der Waals surface area (Å²) in [6, 6.07) is 9.15. The van der Waals surface area contributed by atoms with Gasteiger partial charge in [-0.15, -0.1) is 0 Å². The third kappa shape index (κ3) is 6.83. The van der Waals surface area contributed by atoms with Gasteiger partial charge < -0.3 is 14.7 Å². The zero-order valence-electron chi connectivity index (χ0n) is 20.3. The Morgan fingerprint density at radius 1 is 0.949 bits per heavy atom. The molecule has 0 radical (unpaired) electrons. The van der Waals surface area contributed by atoms with Gasteiger partial charge >= 0.3 is 12.4 Å². The number of aromatic nitrogens is 4. The maximum Gasteiger partial charge on any atom is 0.421 e. The third-order valence-electron chi connectivity index (χ3n) is 6.09. The van der Waals surface area contributed by atoms with Crippen LogP contribution in [0.15, 0.2) is 53.6 Å². The largest absolute Gasteiger partial charge is 0.421 e. The number of para-hydroxylation sites is 1. The van der Waals surface area contributed by atoms with E-state index in [-0.39, 0.29) is 37.1 Å². The molecule has 4 rings (SSSR count). The highest BCUT2D eigenvalue weighted by atomic mass is 19.4. The van der Waals surface area contributed by atoms with Crippen LogP contribution in [0.4, 0.5) is 43.8 Å². The van der Waals surface area contributed by atoms with Crippen LogP contribution in [-0.4, -0.2) is 63.7 Å². The van der Waals surface area contributed by atoms with Crippen molar-refractivity contribution in [1.29, 1.82) is 0 Å². The maximum atomic E-state index is 13.3. The topological polar surface area (TPSA) is 98.3 Å². The lowest BCUT2D eigenvalue weighted by Gasteiger charge is -2.35. The van der Waals surface area contributed by atoms with E-state index in [0.717, 1.165) is 0 Å².